The molecule has 3 N–H and O–H groups in total. The van der Waals surface area contributed by atoms with E-state index in [0.29, 0.717) is 12.6 Å². The first-order valence-electron chi connectivity index (χ1n) is 5.98. The highest BCUT2D eigenvalue weighted by molar-refractivity contribution is 5.82. The maximum Gasteiger partial charge on any atom is 0.325 e. The molecule has 0 spiro atoms. The zero-order valence-corrected chi connectivity index (χ0v) is 10.1. The van der Waals surface area contributed by atoms with Gasteiger partial charge in [0.25, 0.3) is 0 Å². The summed E-state index contributed by atoms with van der Waals surface area (Å²) in [6.07, 6.45) is 4.34. The van der Waals surface area contributed by atoms with Crippen LogP contribution in [0.3, 0.4) is 0 Å². The van der Waals surface area contributed by atoms with Crippen LogP contribution in [0.4, 0.5) is 4.79 Å². The van der Waals surface area contributed by atoms with E-state index in [1.807, 2.05) is 0 Å². The molecule has 1 rings (SSSR count). The average Bonchev–Trinajstić information content (AvgIpc) is 2.77. The smallest absolute Gasteiger partial charge is 0.325 e. The van der Waals surface area contributed by atoms with Gasteiger partial charge in [0.1, 0.15) is 6.04 Å². The maximum atomic E-state index is 11.2. The monoisotopic (exact) mass is 244 g/mol. The molecule has 2 unspecified atom stereocenters. The van der Waals surface area contributed by atoms with Gasteiger partial charge in [-0.1, -0.05) is 0 Å². The number of aliphatic carboxylic acids is 1. The summed E-state index contributed by atoms with van der Waals surface area (Å²) in [5.74, 6) is -1.04. The first-order valence-corrected chi connectivity index (χ1v) is 5.98. The van der Waals surface area contributed by atoms with Gasteiger partial charge in [-0.15, -0.1) is 0 Å². The molecular weight excluding hydrogens is 224 g/mol. The van der Waals surface area contributed by atoms with Gasteiger partial charge in [-0.3, -0.25) is 4.79 Å². The topological polar surface area (TPSA) is 87.7 Å². The lowest BCUT2D eigenvalue weighted by atomic mass is 10.1. The molecular formula is C11H20N2O4. The van der Waals surface area contributed by atoms with Crippen LogP contribution < -0.4 is 10.6 Å². The van der Waals surface area contributed by atoms with Crippen LogP contribution in [0.25, 0.3) is 0 Å². The molecule has 6 nitrogen and oxygen atoms in total. The summed E-state index contributed by atoms with van der Waals surface area (Å²) in [5.41, 5.74) is 0. The van der Waals surface area contributed by atoms with Crippen molar-refractivity contribution in [1.29, 1.82) is 0 Å². The zero-order chi connectivity index (χ0) is 12.7. The van der Waals surface area contributed by atoms with E-state index in [2.05, 4.69) is 10.6 Å². The van der Waals surface area contributed by atoms with Gasteiger partial charge in [0.05, 0.1) is 6.10 Å². The van der Waals surface area contributed by atoms with E-state index in [-0.39, 0.29) is 0 Å². The molecule has 2 atom stereocenters. The van der Waals surface area contributed by atoms with Gasteiger partial charge >= 0.3 is 12.0 Å². The molecule has 0 aromatic heterocycles. The first-order chi connectivity index (χ1) is 8.09. The Morgan fingerprint density at radius 2 is 2.29 bits per heavy atom. The first kappa shape index (κ1) is 13.8. The summed E-state index contributed by atoms with van der Waals surface area (Å²) in [5, 5.41) is 13.5. The zero-order valence-electron chi connectivity index (χ0n) is 10.1. The van der Waals surface area contributed by atoms with Crippen molar-refractivity contribution in [2.24, 2.45) is 0 Å². The molecule has 0 aliphatic carbocycles. The van der Waals surface area contributed by atoms with Gasteiger partial charge in [0, 0.05) is 13.2 Å². The number of urea groups is 1. The molecule has 1 heterocycles. The number of carbonyl (C=O) groups excluding carboxylic acids is 1. The van der Waals surface area contributed by atoms with Crippen molar-refractivity contribution in [3.63, 3.8) is 0 Å². The van der Waals surface area contributed by atoms with E-state index in [1.165, 1.54) is 6.92 Å². The van der Waals surface area contributed by atoms with Crippen molar-refractivity contribution in [3.8, 4) is 0 Å². The molecule has 1 fully saturated rings. The summed E-state index contributed by atoms with van der Waals surface area (Å²) in [7, 11) is 0. The molecule has 0 aromatic carbocycles. The van der Waals surface area contributed by atoms with Crippen molar-refractivity contribution >= 4 is 12.0 Å². The number of hydrogen-bond donors (Lipinski definition) is 3. The van der Waals surface area contributed by atoms with E-state index >= 15 is 0 Å². The van der Waals surface area contributed by atoms with E-state index in [1.54, 1.807) is 0 Å². The molecule has 1 aliphatic heterocycles. The van der Waals surface area contributed by atoms with Gasteiger partial charge in [-0.05, 0) is 32.6 Å². The number of carbonyl (C=O) groups is 2. The quantitative estimate of drug-likeness (QED) is 0.601. The van der Waals surface area contributed by atoms with Crippen LogP contribution in [0.5, 0.6) is 0 Å². The molecule has 0 aromatic rings. The lowest BCUT2D eigenvalue weighted by Gasteiger charge is -2.12. The number of amides is 2. The van der Waals surface area contributed by atoms with Crippen molar-refractivity contribution < 1.29 is 19.4 Å². The van der Waals surface area contributed by atoms with Crippen LogP contribution >= 0.6 is 0 Å². The fourth-order valence-electron chi connectivity index (χ4n) is 1.71. The lowest BCUT2D eigenvalue weighted by molar-refractivity contribution is -0.138. The Balaban J connectivity index is 2.01. The number of carboxylic acid groups (broad SMARTS) is 1. The molecule has 6 heteroatoms. The third kappa shape index (κ3) is 5.53. The van der Waals surface area contributed by atoms with Crippen LogP contribution in [-0.4, -0.2) is 42.4 Å². The van der Waals surface area contributed by atoms with Gasteiger partial charge in [0.2, 0.25) is 0 Å². The molecule has 0 saturated carbocycles. The number of ether oxygens (including phenoxy) is 1. The summed E-state index contributed by atoms with van der Waals surface area (Å²) >= 11 is 0. The predicted molar refractivity (Wildman–Crippen MR) is 61.8 cm³/mol. The van der Waals surface area contributed by atoms with Gasteiger partial charge < -0.3 is 20.5 Å². The van der Waals surface area contributed by atoms with E-state index in [4.69, 9.17) is 9.84 Å². The van der Waals surface area contributed by atoms with E-state index < -0.39 is 18.0 Å². The van der Waals surface area contributed by atoms with Crippen molar-refractivity contribution in [3.05, 3.63) is 0 Å². The largest absolute Gasteiger partial charge is 0.480 e. The number of carboxylic acids is 1. The lowest BCUT2D eigenvalue weighted by Crippen LogP contribution is -2.44. The van der Waals surface area contributed by atoms with E-state index in [9.17, 15) is 9.59 Å². The highest BCUT2D eigenvalue weighted by atomic mass is 16.5. The minimum Gasteiger partial charge on any atom is -0.480 e. The second-order valence-electron chi connectivity index (χ2n) is 4.24. The van der Waals surface area contributed by atoms with Gasteiger partial charge in [0.15, 0.2) is 0 Å². The van der Waals surface area contributed by atoms with Crippen LogP contribution in [0.2, 0.25) is 0 Å². The SMILES string of the molecule is CC(NC(=O)NCCCC1CCCO1)C(=O)O. The Morgan fingerprint density at radius 1 is 1.53 bits per heavy atom. The Morgan fingerprint density at radius 3 is 2.88 bits per heavy atom. The summed E-state index contributed by atoms with van der Waals surface area (Å²) in [6, 6.07) is -1.31. The molecule has 2 amide bonds. The minimum atomic E-state index is -1.04. The summed E-state index contributed by atoms with van der Waals surface area (Å²) < 4.78 is 5.45. The predicted octanol–water partition coefficient (Wildman–Crippen LogP) is 0.718. The van der Waals surface area contributed by atoms with Gasteiger partial charge in [-0.2, -0.15) is 0 Å². The van der Waals surface area contributed by atoms with Crippen molar-refractivity contribution in [2.45, 2.75) is 44.8 Å². The molecule has 1 aliphatic rings. The number of nitrogens with one attached hydrogen (secondary N) is 2. The molecule has 1 saturated heterocycles. The third-order valence-corrected chi connectivity index (χ3v) is 2.73. The second kappa shape index (κ2) is 7.11. The molecule has 98 valence electrons. The fourth-order valence-corrected chi connectivity index (χ4v) is 1.71. The molecule has 0 bridgehead atoms. The Hall–Kier alpha value is -1.30. The Labute approximate surface area is 101 Å². The molecule has 17 heavy (non-hydrogen) atoms. The van der Waals surface area contributed by atoms with Crippen molar-refractivity contribution in [2.75, 3.05) is 13.2 Å². The maximum absolute atomic E-state index is 11.2. The van der Waals surface area contributed by atoms with Crippen LogP contribution in [0, 0.1) is 0 Å². The van der Waals surface area contributed by atoms with Crippen LogP contribution in [0.1, 0.15) is 32.6 Å². The third-order valence-electron chi connectivity index (χ3n) is 2.73. The normalized spacial score (nSPS) is 20.9. The Kier molecular flexibility index (Phi) is 5.76. The fraction of sp³-hybridized carbons (Fsp3) is 0.818. The molecule has 0 radical (unpaired) electrons. The summed E-state index contributed by atoms with van der Waals surface area (Å²) in [6.45, 7) is 2.81. The highest BCUT2D eigenvalue weighted by Crippen LogP contribution is 2.16. The van der Waals surface area contributed by atoms with E-state index in [0.717, 1.165) is 32.3 Å². The second-order valence-corrected chi connectivity index (χ2v) is 4.24. The van der Waals surface area contributed by atoms with Crippen LogP contribution in [-0.2, 0) is 9.53 Å². The number of hydrogen-bond acceptors (Lipinski definition) is 3. The standard InChI is InChI=1S/C11H20N2O4/c1-8(10(14)15)13-11(16)12-6-2-4-9-5-3-7-17-9/h8-9H,2-7H2,1H3,(H,14,15)(H2,12,13,16). The minimum absolute atomic E-state index is 0.331. The van der Waals surface area contributed by atoms with Gasteiger partial charge in [-0.25, -0.2) is 4.79 Å². The Bertz CT molecular complexity index is 264. The van der Waals surface area contributed by atoms with Crippen LogP contribution in [0.15, 0.2) is 0 Å². The highest BCUT2D eigenvalue weighted by Gasteiger charge is 2.15. The number of rotatable bonds is 6. The van der Waals surface area contributed by atoms with Crippen molar-refractivity contribution in [1.82, 2.24) is 10.6 Å². The average molecular weight is 244 g/mol. The summed E-state index contributed by atoms with van der Waals surface area (Å²) in [4.78, 5) is 21.7.